The van der Waals surface area contributed by atoms with Crippen LogP contribution in [0.1, 0.15) is 62.1 Å². The highest BCUT2D eigenvalue weighted by atomic mass is 35.5. The highest BCUT2D eigenvalue weighted by Crippen LogP contribution is 2.38. The monoisotopic (exact) mass is 886 g/mol. The lowest BCUT2D eigenvalue weighted by atomic mass is 9.92. The van der Waals surface area contributed by atoms with Gasteiger partial charge >= 0.3 is 11.9 Å². The van der Waals surface area contributed by atoms with Gasteiger partial charge in [0.05, 0.1) is 27.8 Å². The Labute approximate surface area is 373 Å². The Morgan fingerprint density at radius 2 is 1.06 bits per heavy atom. The van der Waals surface area contributed by atoms with Gasteiger partial charge in [-0.05, 0) is 89.9 Å². The normalized spacial score (nSPS) is 10.8. The number of hydrogen-bond acceptors (Lipinski definition) is 11. The molecule has 4 aromatic carbocycles. The lowest BCUT2D eigenvalue weighted by molar-refractivity contribution is -0.154. The Morgan fingerprint density at radius 3 is 1.51 bits per heavy atom. The average molecular weight is 888 g/mol. The SMILES string of the molecule is Cc1c(COc2cc(OCc3cncc(C#N)c3)c(CO)cc2Cl)cccc1-c1cccc(COc2cc(OCc3cncc(C#N)c3)c(CCC(C(=O)O)C(=O)O)cc2Cl)c1C. The molecular formula is C48H40Cl2N4O9. The number of hydrogen-bond donors (Lipinski definition) is 3. The molecule has 0 spiro atoms. The molecule has 6 rings (SSSR count). The molecule has 320 valence electrons. The third kappa shape index (κ3) is 11.4. The summed E-state index contributed by atoms with van der Waals surface area (Å²) in [6.45, 7) is 4.13. The third-order valence-electron chi connectivity index (χ3n) is 10.3. The minimum atomic E-state index is -1.63. The van der Waals surface area contributed by atoms with Crippen molar-refractivity contribution in [3.63, 3.8) is 0 Å². The number of ether oxygens (including phenoxy) is 4. The first-order chi connectivity index (χ1) is 30.4. The molecule has 0 radical (unpaired) electrons. The predicted octanol–water partition coefficient (Wildman–Crippen LogP) is 9.34. The average Bonchev–Trinajstić information content (AvgIpc) is 3.28. The van der Waals surface area contributed by atoms with Crippen molar-refractivity contribution in [2.45, 2.75) is 59.7 Å². The zero-order chi connectivity index (χ0) is 45.0. The molecule has 0 fully saturated rings. The van der Waals surface area contributed by atoms with Crippen molar-refractivity contribution in [1.29, 1.82) is 10.5 Å². The van der Waals surface area contributed by atoms with Gasteiger partial charge in [-0.2, -0.15) is 10.5 Å². The van der Waals surface area contributed by atoms with Gasteiger partial charge in [0.25, 0.3) is 0 Å². The first-order valence-electron chi connectivity index (χ1n) is 19.5. The van der Waals surface area contributed by atoms with Crippen LogP contribution >= 0.6 is 23.2 Å². The van der Waals surface area contributed by atoms with E-state index in [1.165, 1.54) is 12.4 Å². The Balaban J connectivity index is 1.19. The number of benzene rings is 4. The van der Waals surface area contributed by atoms with Crippen molar-refractivity contribution in [3.8, 4) is 46.3 Å². The summed E-state index contributed by atoms with van der Waals surface area (Å²) >= 11 is 13.3. The van der Waals surface area contributed by atoms with Gasteiger partial charge in [-0.1, -0.05) is 59.6 Å². The van der Waals surface area contributed by atoms with Crippen LogP contribution in [0.15, 0.2) is 97.6 Å². The van der Waals surface area contributed by atoms with Crippen LogP contribution in [-0.2, 0) is 49.0 Å². The van der Waals surface area contributed by atoms with Crippen LogP contribution in [0.2, 0.25) is 10.0 Å². The highest BCUT2D eigenvalue weighted by molar-refractivity contribution is 6.32. The zero-order valence-electron chi connectivity index (χ0n) is 34.1. The van der Waals surface area contributed by atoms with Crippen LogP contribution in [-0.4, -0.2) is 37.2 Å². The number of carboxylic acid groups (broad SMARTS) is 2. The second-order valence-corrected chi connectivity index (χ2v) is 15.2. The molecule has 0 aliphatic heterocycles. The van der Waals surface area contributed by atoms with E-state index in [4.69, 9.17) is 42.1 Å². The maximum atomic E-state index is 11.6. The van der Waals surface area contributed by atoms with Crippen LogP contribution in [0.5, 0.6) is 23.0 Å². The highest BCUT2D eigenvalue weighted by Gasteiger charge is 2.26. The molecule has 63 heavy (non-hydrogen) atoms. The van der Waals surface area contributed by atoms with Crippen molar-refractivity contribution in [2.24, 2.45) is 5.92 Å². The fourth-order valence-electron chi connectivity index (χ4n) is 6.76. The molecule has 0 saturated carbocycles. The van der Waals surface area contributed by atoms with Crippen molar-refractivity contribution < 1.29 is 43.9 Å². The summed E-state index contributed by atoms with van der Waals surface area (Å²) in [4.78, 5) is 31.4. The van der Waals surface area contributed by atoms with Crippen LogP contribution in [0.3, 0.4) is 0 Å². The van der Waals surface area contributed by atoms with E-state index < -0.39 is 17.9 Å². The minimum absolute atomic E-state index is 0.0133. The van der Waals surface area contributed by atoms with E-state index in [2.05, 4.69) is 16.0 Å². The van der Waals surface area contributed by atoms with Crippen LogP contribution < -0.4 is 18.9 Å². The van der Waals surface area contributed by atoms with E-state index in [-0.39, 0.29) is 56.6 Å². The largest absolute Gasteiger partial charge is 0.488 e. The number of aliphatic carboxylic acids is 2. The first kappa shape index (κ1) is 45.4. The van der Waals surface area contributed by atoms with Gasteiger partial charge in [0, 0.05) is 53.6 Å². The van der Waals surface area contributed by atoms with Crippen LogP contribution in [0.25, 0.3) is 11.1 Å². The lowest BCUT2D eigenvalue weighted by Gasteiger charge is -2.19. The summed E-state index contributed by atoms with van der Waals surface area (Å²) in [6.07, 6.45) is 5.88. The summed E-state index contributed by atoms with van der Waals surface area (Å²) in [7, 11) is 0. The molecule has 0 unspecified atom stereocenters. The molecule has 6 aromatic rings. The number of carboxylic acids is 2. The van der Waals surface area contributed by atoms with Gasteiger partial charge in [-0.3, -0.25) is 19.6 Å². The number of aryl methyl sites for hydroxylation is 1. The van der Waals surface area contributed by atoms with Gasteiger partial charge in [0.2, 0.25) is 0 Å². The maximum Gasteiger partial charge on any atom is 0.317 e. The Kier molecular flexibility index (Phi) is 15.2. The number of rotatable bonds is 19. The predicted molar refractivity (Wildman–Crippen MR) is 232 cm³/mol. The van der Waals surface area contributed by atoms with Crippen molar-refractivity contribution in [3.05, 3.63) is 163 Å². The number of aliphatic hydroxyl groups excluding tert-OH is 1. The quantitative estimate of drug-likeness (QED) is 0.0649. The second-order valence-electron chi connectivity index (χ2n) is 14.4. The summed E-state index contributed by atoms with van der Waals surface area (Å²) in [5.41, 5.74) is 8.67. The van der Waals surface area contributed by atoms with Crippen LogP contribution in [0, 0.1) is 42.4 Å². The van der Waals surface area contributed by atoms with E-state index in [1.807, 2.05) is 56.3 Å². The van der Waals surface area contributed by atoms with Gasteiger partial charge in [-0.15, -0.1) is 0 Å². The summed E-state index contributed by atoms with van der Waals surface area (Å²) < 4.78 is 24.6. The van der Waals surface area contributed by atoms with Crippen molar-refractivity contribution >= 4 is 35.1 Å². The zero-order valence-corrected chi connectivity index (χ0v) is 35.6. The number of pyridine rings is 2. The van der Waals surface area contributed by atoms with Gasteiger partial charge in [-0.25, -0.2) is 0 Å². The molecule has 0 aliphatic rings. The number of nitrogens with zero attached hydrogens (tertiary/aromatic N) is 4. The molecule has 15 heteroatoms. The molecule has 13 nitrogen and oxygen atoms in total. The summed E-state index contributed by atoms with van der Waals surface area (Å²) in [6, 6.07) is 25.6. The van der Waals surface area contributed by atoms with E-state index in [0.29, 0.717) is 55.7 Å². The fourth-order valence-corrected chi connectivity index (χ4v) is 7.25. The Bertz CT molecular complexity index is 2740. The fraction of sp³-hybridized carbons (Fsp3) is 0.208. The molecule has 0 saturated heterocycles. The summed E-state index contributed by atoms with van der Waals surface area (Å²) in [5.74, 6) is -3.19. The van der Waals surface area contributed by atoms with Crippen molar-refractivity contribution in [1.82, 2.24) is 9.97 Å². The molecule has 0 bridgehead atoms. The molecule has 0 aliphatic carbocycles. The minimum Gasteiger partial charge on any atom is -0.488 e. The Hall–Kier alpha value is -7.16. The topological polar surface area (TPSA) is 205 Å². The smallest absolute Gasteiger partial charge is 0.317 e. The van der Waals surface area contributed by atoms with E-state index in [0.717, 1.165) is 33.4 Å². The molecule has 2 heterocycles. The molecule has 0 amide bonds. The number of carbonyl (C=O) groups is 2. The number of aliphatic hydroxyl groups is 1. The van der Waals surface area contributed by atoms with Crippen molar-refractivity contribution in [2.75, 3.05) is 0 Å². The third-order valence-corrected chi connectivity index (χ3v) is 10.9. The maximum absolute atomic E-state index is 11.6. The molecule has 0 atom stereocenters. The number of halogens is 2. The number of nitriles is 2. The number of aromatic nitrogens is 2. The first-order valence-corrected chi connectivity index (χ1v) is 20.2. The van der Waals surface area contributed by atoms with Gasteiger partial charge < -0.3 is 34.3 Å². The van der Waals surface area contributed by atoms with E-state index >= 15 is 0 Å². The molecule has 3 N–H and O–H groups in total. The second kappa shape index (κ2) is 21.1. The van der Waals surface area contributed by atoms with E-state index in [1.54, 1.807) is 48.8 Å². The van der Waals surface area contributed by atoms with E-state index in [9.17, 15) is 35.4 Å². The van der Waals surface area contributed by atoms with Gasteiger partial charge in [0.15, 0.2) is 5.92 Å². The molecular weight excluding hydrogens is 847 g/mol. The lowest BCUT2D eigenvalue weighted by Crippen LogP contribution is -2.23. The standard InChI is InChI=1S/C48H40Cl2N4O9/c1-28-35(26-62-45-15-43(60-24-32-11-30(17-51)19-53-21-32)34(13-41(45)49)9-10-40(47(56)57)48(58)59)5-3-7-38(28)39-8-4-6-36(29(39)2)27-63-46-16-44(37(23-55)14-42(46)50)61-25-33-12-31(18-52)20-54-22-33/h3-8,11-16,19-22,40,55H,9-10,23-27H2,1-2H3,(H,56,57)(H,58,59). The molecule has 2 aromatic heterocycles. The van der Waals surface area contributed by atoms with Crippen LogP contribution in [0.4, 0.5) is 0 Å². The Morgan fingerprint density at radius 1 is 0.619 bits per heavy atom. The van der Waals surface area contributed by atoms with Gasteiger partial charge in [0.1, 0.15) is 61.6 Å². The summed E-state index contributed by atoms with van der Waals surface area (Å²) in [5, 5.41) is 47.9.